The SMILES string of the molecule is COC(=O)CCc1nc2cc(OCC3COC3)c(NC(=O)c3coc(-c4ccnc(C)c4)n3)cc2n1C. The van der Waals surface area contributed by atoms with Crippen LogP contribution in [0, 0.1) is 12.8 Å². The van der Waals surface area contributed by atoms with Crippen molar-refractivity contribution in [1.29, 1.82) is 0 Å². The van der Waals surface area contributed by atoms with E-state index in [1.165, 1.54) is 13.4 Å². The predicted molar refractivity (Wildman–Crippen MR) is 133 cm³/mol. The fraction of sp³-hybridized carbons (Fsp3) is 0.346. The summed E-state index contributed by atoms with van der Waals surface area (Å²) in [5, 5.41) is 2.91. The number of pyridine rings is 1. The molecule has 192 valence electrons. The number of hydrogen-bond donors (Lipinski definition) is 1. The number of hydrogen-bond acceptors (Lipinski definition) is 9. The van der Waals surface area contributed by atoms with Gasteiger partial charge in [-0.2, -0.15) is 0 Å². The molecule has 3 aromatic heterocycles. The van der Waals surface area contributed by atoms with Crippen molar-refractivity contribution in [3.63, 3.8) is 0 Å². The second-order valence-electron chi connectivity index (χ2n) is 8.89. The zero-order valence-electron chi connectivity index (χ0n) is 20.8. The van der Waals surface area contributed by atoms with Crippen molar-refractivity contribution in [1.82, 2.24) is 19.5 Å². The Hall–Kier alpha value is -4.25. The highest BCUT2D eigenvalue weighted by molar-refractivity contribution is 6.05. The van der Waals surface area contributed by atoms with Gasteiger partial charge in [-0.15, -0.1) is 0 Å². The van der Waals surface area contributed by atoms with Gasteiger partial charge in [0.15, 0.2) is 5.69 Å². The number of carbonyl (C=O) groups excluding carboxylic acids is 2. The van der Waals surface area contributed by atoms with Gasteiger partial charge in [0.2, 0.25) is 5.89 Å². The number of aryl methyl sites for hydroxylation is 3. The van der Waals surface area contributed by atoms with Crippen LogP contribution in [0.1, 0.15) is 28.4 Å². The summed E-state index contributed by atoms with van der Waals surface area (Å²) in [5.74, 6) is 1.08. The molecule has 0 atom stereocenters. The first-order chi connectivity index (χ1) is 17.9. The molecule has 1 aliphatic rings. The van der Waals surface area contributed by atoms with Gasteiger partial charge in [-0.25, -0.2) is 9.97 Å². The number of carbonyl (C=O) groups is 2. The number of rotatable bonds is 9. The fourth-order valence-electron chi connectivity index (χ4n) is 3.99. The van der Waals surface area contributed by atoms with E-state index < -0.39 is 5.91 Å². The molecule has 4 aromatic rings. The summed E-state index contributed by atoms with van der Waals surface area (Å²) in [6.45, 7) is 3.60. The lowest BCUT2D eigenvalue weighted by Crippen LogP contribution is -2.32. The Morgan fingerprint density at radius 2 is 2.05 bits per heavy atom. The number of benzene rings is 1. The average molecular weight is 506 g/mol. The van der Waals surface area contributed by atoms with Gasteiger partial charge in [-0.05, 0) is 25.1 Å². The molecule has 0 radical (unpaired) electrons. The maximum atomic E-state index is 13.1. The van der Waals surface area contributed by atoms with Gasteiger partial charge in [0.05, 0.1) is 50.1 Å². The Balaban J connectivity index is 1.42. The number of anilines is 1. The lowest BCUT2D eigenvalue weighted by molar-refractivity contribution is -0.140. The number of esters is 1. The molecule has 1 amide bonds. The van der Waals surface area contributed by atoms with E-state index in [0.717, 1.165) is 22.6 Å². The van der Waals surface area contributed by atoms with Crippen LogP contribution < -0.4 is 10.1 Å². The van der Waals surface area contributed by atoms with Crippen LogP contribution >= 0.6 is 0 Å². The zero-order valence-corrected chi connectivity index (χ0v) is 20.8. The number of fused-ring (bicyclic) bond motifs is 1. The maximum absolute atomic E-state index is 13.1. The molecule has 1 aromatic carbocycles. The average Bonchev–Trinajstić information content (AvgIpc) is 3.47. The minimum atomic E-state index is -0.440. The number of amides is 1. The Kier molecular flexibility index (Phi) is 6.87. The number of nitrogens with one attached hydrogen (secondary N) is 1. The summed E-state index contributed by atoms with van der Waals surface area (Å²) in [7, 11) is 3.22. The van der Waals surface area contributed by atoms with Gasteiger partial charge in [0.25, 0.3) is 5.91 Å². The standard InChI is InChI=1S/C26H27N5O6/c1-15-8-17(6-7-27-15)26-30-20(14-37-26)25(33)29-19-9-21-18(10-22(19)36-13-16-11-35-12-16)28-23(31(21)2)4-5-24(32)34-3/h6-10,14,16H,4-5,11-13H2,1-3H3,(H,29,33). The minimum absolute atomic E-state index is 0.131. The van der Waals surface area contributed by atoms with Crippen molar-refractivity contribution in [2.24, 2.45) is 13.0 Å². The molecule has 5 rings (SSSR count). The van der Waals surface area contributed by atoms with E-state index in [1.807, 2.05) is 30.7 Å². The van der Waals surface area contributed by atoms with E-state index in [1.54, 1.807) is 18.3 Å². The Bertz CT molecular complexity index is 1460. The summed E-state index contributed by atoms with van der Waals surface area (Å²) in [4.78, 5) is 37.9. The van der Waals surface area contributed by atoms with Crippen molar-refractivity contribution < 1.29 is 28.2 Å². The fourth-order valence-corrected chi connectivity index (χ4v) is 3.99. The molecular weight excluding hydrogens is 478 g/mol. The third-order valence-corrected chi connectivity index (χ3v) is 6.17. The highest BCUT2D eigenvalue weighted by Crippen LogP contribution is 2.32. The van der Waals surface area contributed by atoms with E-state index >= 15 is 0 Å². The number of oxazole rings is 1. The molecule has 0 bridgehead atoms. The van der Waals surface area contributed by atoms with Crippen molar-refractivity contribution in [2.75, 3.05) is 32.2 Å². The highest BCUT2D eigenvalue weighted by Gasteiger charge is 2.22. The highest BCUT2D eigenvalue weighted by atomic mass is 16.5. The first kappa shape index (κ1) is 24.4. The van der Waals surface area contributed by atoms with E-state index in [4.69, 9.17) is 18.6 Å². The Labute approximate surface area is 212 Å². The van der Waals surface area contributed by atoms with E-state index in [9.17, 15) is 9.59 Å². The van der Waals surface area contributed by atoms with E-state index in [-0.39, 0.29) is 18.1 Å². The molecule has 11 heteroatoms. The van der Waals surface area contributed by atoms with Crippen molar-refractivity contribution in [3.05, 3.63) is 53.9 Å². The summed E-state index contributed by atoms with van der Waals surface area (Å²) >= 11 is 0. The van der Waals surface area contributed by atoms with Crippen LogP contribution in [-0.2, 0) is 27.7 Å². The second-order valence-corrected chi connectivity index (χ2v) is 8.89. The number of nitrogens with zero attached hydrogens (tertiary/aromatic N) is 4. The Morgan fingerprint density at radius 1 is 1.22 bits per heavy atom. The molecule has 11 nitrogen and oxygen atoms in total. The van der Waals surface area contributed by atoms with Crippen LogP contribution in [-0.4, -0.2) is 58.3 Å². The smallest absolute Gasteiger partial charge is 0.305 e. The lowest BCUT2D eigenvalue weighted by Gasteiger charge is -2.26. The van der Waals surface area contributed by atoms with Crippen LogP contribution in [0.15, 0.2) is 41.1 Å². The van der Waals surface area contributed by atoms with Crippen molar-refractivity contribution in [3.8, 4) is 17.2 Å². The van der Waals surface area contributed by atoms with Crippen LogP contribution in [0.4, 0.5) is 5.69 Å². The van der Waals surface area contributed by atoms with Gasteiger partial charge in [-0.3, -0.25) is 14.6 Å². The third-order valence-electron chi connectivity index (χ3n) is 6.17. The molecule has 0 unspecified atom stereocenters. The third kappa shape index (κ3) is 5.31. The number of imidazole rings is 1. The summed E-state index contributed by atoms with van der Waals surface area (Å²) in [5.41, 5.74) is 3.63. The van der Waals surface area contributed by atoms with Gasteiger partial charge in [0.1, 0.15) is 17.8 Å². The molecule has 1 N–H and O–H groups in total. The second kappa shape index (κ2) is 10.4. The number of aromatic nitrogens is 4. The quantitative estimate of drug-likeness (QED) is 0.340. The van der Waals surface area contributed by atoms with Gasteiger partial charge < -0.3 is 28.5 Å². The molecule has 1 aliphatic heterocycles. The Morgan fingerprint density at radius 3 is 2.78 bits per heavy atom. The first-order valence-electron chi connectivity index (χ1n) is 11.9. The lowest BCUT2D eigenvalue weighted by atomic mass is 10.1. The van der Waals surface area contributed by atoms with Crippen LogP contribution in [0.2, 0.25) is 0 Å². The van der Waals surface area contributed by atoms with Crippen molar-refractivity contribution >= 4 is 28.6 Å². The van der Waals surface area contributed by atoms with Crippen LogP contribution in [0.5, 0.6) is 5.75 Å². The molecule has 37 heavy (non-hydrogen) atoms. The molecule has 0 spiro atoms. The molecule has 1 fully saturated rings. The maximum Gasteiger partial charge on any atom is 0.305 e. The molecule has 0 aliphatic carbocycles. The van der Waals surface area contributed by atoms with Gasteiger partial charge in [0, 0.05) is 42.9 Å². The van der Waals surface area contributed by atoms with E-state index in [2.05, 4.69) is 20.3 Å². The number of ether oxygens (including phenoxy) is 3. The monoisotopic (exact) mass is 505 g/mol. The largest absolute Gasteiger partial charge is 0.491 e. The normalized spacial score (nSPS) is 13.4. The first-order valence-corrected chi connectivity index (χ1v) is 11.9. The summed E-state index contributed by atoms with van der Waals surface area (Å²) in [6, 6.07) is 7.20. The topological polar surface area (TPSA) is 131 Å². The number of methoxy groups -OCH3 is 1. The molecule has 4 heterocycles. The van der Waals surface area contributed by atoms with Crippen LogP contribution in [0.3, 0.4) is 0 Å². The van der Waals surface area contributed by atoms with Gasteiger partial charge >= 0.3 is 5.97 Å². The summed E-state index contributed by atoms with van der Waals surface area (Å²) in [6.07, 6.45) is 3.62. The molecule has 0 saturated carbocycles. The van der Waals surface area contributed by atoms with Crippen molar-refractivity contribution in [2.45, 2.75) is 19.8 Å². The van der Waals surface area contributed by atoms with Gasteiger partial charge in [-0.1, -0.05) is 0 Å². The predicted octanol–water partition coefficient (Wildman–Crippen LogP) is 3.31. The minimum Gasteiger partial charge on any atom is -0.491 e. The van der Waals surface area contributed by atoms with E-state index in [0.29, 0.717) is 55.0 Å². The summed E-state index contributed by atoms with van der Waals surface area (Å²) < 4.78 is 23.5. The molecular formula is C26H27N5O6. The van der Waals surface area contributed by atoms with Crippen LogP contribution in [0.25, 0.3) is 22.5 Å². The molecule has 1 saturated heterocycles. The zero-order chi connectivity index (χ0) is 25.9.